The summed E-state index contributed by atoms with van der Waals surface area (Å²) in [5, 5.41) is 3.35. The minimum absolute atomic E-state index is 0.00156. The molecule has 0 unspecified atom stereocenters. The van der Waals surface area contributed by atoms with Crippen LogP contribution in [0.2, 0.25) is 0 Å². The van der Waals surface area contributed by atoms with Gasteiger partial charge < -0.3 is 14.6 Å². The Hall–Kier alpha value is -1.29. The molecule has 1 N–H and O–H groups in total. The summed E-state index contributed by atoms with van der Waals surface area (Å²) in [7, 11) is 0. The molecule has 0 amide bonds. The fourth-order valence-electron chi connectivity index (χ4n) is 2.37. The summed E-state index contributed by atoms with van der Waals surface area (Å²) in [5.74, 6) is 1.50. The van der Waals surface area contributed by atoms with E-state index in [2.05, 4.69) is 19.2 Å². The number of rotatable bonds is 5. The van der Waals surface area contributed by atoms with Crippen LogP contribution in [0.15, 0.2) is 23.1 Å². The molecule has 4 heteroatoms. The van der Waals surface area contributed by atoms with Crippen LogP contribution < -0.4 is 15.6 Å². The number of hydrogen-bond acceptors (Lipinski definition) is 3. The minimum atomic E-state index is 0.00156. The normalized spacial score (nSPS) is 16.8. The number of hydrogen-bond donors (Lipinski definition) is 1. The number of piperidine rings is 1. The third kappa shape index (κ3) is 4.10. The Labute approximate surface area is 114 Å². The van der Waals surface area contributed by atoms with Gasteiger partial charge >= 0.3 is 0 Å². The summed E-state index contributed by atoms with van der Waals surface area (Å²) >= 11 is 0. The van der Waals surface area contributed by atoms with Gasteiger partial charge in [0.05, 0.1) is 6.61 Å². The second-order valence-electron chi connectivity index (χ2n) is 5.73. The van der Waals surface area contributed by atoms with E-state index in [1.165, 1.54) is 0 Å². The zero-order valence-electron chi connectivity index (χ0n) is 11.9. The molecule has 0 bridgehead atoms. The molecule has 4 nitrogen and oxygen atoms in total. The highest BCUT2D eigenvalue weighted by Crippen LogP contribution is 2.14. The molecule has 0 aromatic carbocycles. The van der Waals surface area contributed by atoms with Crippen molar-refractivity contribution in [2.75, 3.05) is 19.7 Å². The molecule has 1 aromatic rings. The topological polar surface area (TPSA) is 43.3 Å². The van der Waals surface area contributed by atoms with E-state index in [0.717, 1.165) is 32.5 Å². The highest BCUT2D eigenvalue weighted by molar-refractivity contribution is 5.17. The molecule has 0 aliphatic carbocycles. The summed E-state index contributed by atoms with van der Waals surface area (Å²) in [6.07, 6.45) is 4.15. The second-order valence-corrected chi connectivity index (χ2v) is 5.73. The Balaban J connectivity index is 2.04. The lowest BCUT2D eigenvalue weighted by molar-refractivity contribution is 0.262. The Kier molecular flexibility index (Phi) is 5.02. The van der Waals surface area contributed by atoms with E-state index in [1.807, 2.05) is 12.3 Å². The molecule has 2 heterocycles. The Morgan fingerprint density at radius 3 is 2.84 bits per heavy atom. The molecule has 106 valence electrons. The van der Waals surface area contributed by atoms with E-state index < -0.39 is 0 Å². The number of nitrogens with zero attached hydrogens (tertiary/aromatic N) is 1. The Bertz CT molecular complexity index is 448. The van der Waals surface area contributed by atoms with Crippen LogP contribution in [-0.2, 0) is 6.54 Å². The summed E-state index contributed by atoms with van der Waals surface area (Å²) in [6.45, 7) is 7.67. The standard InChI is InChI=1S/C15H24N2O2/c1-12(2)11-19-14-4-3-9-17(15(14)18)10-13-5-7-16-8-6-13/h3-4,9,12-13,16H,5-8,10-11H2,1-2H3. The molecule has 0 atom stereocenters. The van der Waals surface area contributed by atoms with Gasteiger partial charge in [0, 0.05) is 12.7 Å². The van der Waals surface area contributed by atoms with E-state index in [1.54, 1.807) is 10.6 Å². The van der Waals surface area contributed by atoms with E-state index in [-0.39, 0.29) is 5.56 Å². The quantitative estimate of drug-likeness (QED) is 0.883. The van der Waals surface area contributed by atoms with Crippen molar-refractivity contribution in [1.29, 1.82) is 0 Å². The summed E-state index contributed by atoms with van der Waals surface area (Å²) in [6, 6.07) is 3.67. The summed E-state index contributed by atoms with van der Waals surface area (Å²) in [4.78, 5) is 12.3. The predicted molar refractivity (Wildman–Crippen MR) is 76.6 cm³/mol. The number of ether oxygens (including phenoxy) is 1. The Morgan fingerprint density at radius 2 is 2.16 bits per heavy atom. The van der Waals surface area contributed by atoms with Gasteiger partial charge in [0.15, 0.2) is 5.75 Å². The van der Waals surface area contributed by atoms with Gasteiger partial charge in [-0.25, -0.2) is 0 Å². The van der Waals surface area contributed by atoms with Crippen LogP contribution in [0.4, 0.5) is 0 Å². The maximum atomic E-state index is 12.3. The van der Waals surface area contributed by atoms with Gasteiger partial charge in [0.2, 0.25) is 0 Å². The zero-order chi connectivity index (χ0) is 13.7. The molecule has 1 aliphatic heterocycles. The van der Waals surface area contributed by atoms with Crippen molar-refractivity contribution in [3.05, 3.63) is 28.7 Å². The first-order valence-corrected chi connectivity index (χ1v) is 7.20. The van der Waals surface area contributed by atoms with Gasteiger partial charge in [-0.05, 0) is 49.9 Å². The highest BCUT2D eigenvalue weighted by atomic mass is 16.5. The highest BCUT2D eigenvalue weighted by Gasteiger charge is 2.15. The van der Waals surface area contributed by atoms with Crippen LogP contribution in [-0.4, -0.2) is 24.3 Å². The fraction of sp³-hybridized carbons (Fsp3) is 0.667. The van der Waals surface area contributed by atoms with E-state index in [9.17, 15) is 4.79 Å². The molecule has 0 saturated carbocycles. The summed E-state index contributed by atoms with van der Waals surface area (Å²) < 4.78 is 7.38. The van der Waals surface area contributed by atoms with Crippen molar-refractivity contribution in [2.45, 2.75) is 33.2 Å². The van der Waals surface area contributed by atoms with Gasteiger partial charge in [-0.15, -0.1) is 0 Å². The van der Waals surface area contributed by atoms with Crippen LogP contribution in [0.5, 0.6) is 5.75 Å². The van der Waals surface area contributed by atoms with Crippen molar-refractivity contribution in [1.82, 2.24) is 9.88 Å². The average Bonchev–Trinajstić information content (AvgIpc) is 2.41. The van der Waals surface area contributed by atoms with Crippen molar-refractivity contribution in [3.8, 4) is 5.75 Å². The van der Waals surface area contributed by atoms with Crippen molar-refractivity contribution >= 4 is 0 Å². The van der Waals surface area contributed by atoms with Crippen LogP contribution >= 0.6 is 0 Å². The number of aromatic nitrogens is 1. The predicted octanol–water partition coefficient (Wildman–Crippen LogP) is 1.88. The van der Waals surface area contributed by atoms with E-state index in [0.29, 0.717) is 24.2 Å². The molecular weight excluding hydrogens is 240 g/mol. The summed E-state index contributed by atoms with van der Waals surface area (Å²) in [5.41, 5.74) is 0.00156. The van der Waals surface area contributed by atoms with Crippen LogP contribution in [0, 0.1) is 11.8 Å². The number of pyridine rings is 1. The first-order valence-electron chi connectivity index (χ1n) is 7.20. The lowest BCUT2D eigenvalue weighted by Gasteiger charge is -2.23. The average molecular weight is 264 g/mol. The third-order valence-electron chi connectivity index (χ3n) is 3.47. The maximum absolute atomic E-state index is 12.3. The maximum Gasteiger partial charge on any atom is 0.292 e. The van der Waals surface area contributed by atoms with Crippen molar-refractivity contribution in [3.63, 3.8) is 0 Å². The monoisotopic (exact) mass is 264 g/mol. The first-order chi connectivity index (χ1) is 9.16. The van der Waals surface area contributed by atoms with E-state index in [4.69, 9.17) is 4.74 Å². The first kappa shape index (κ1) is 14.1. The third-order valence-corrected chi connectivity index (χ3v) is 3.47. The molecule has 2 rings (SSSR count). The molecule has 0 spiro atoms. The second kappa shape index (κ2) is 6.75. The SMILES string of the molecule is CC(C)COc1cccn(CC2CCNCC2)c1=O. The molecule has 19 heavy (non-hydrogen) atoms. The smallest absolute Gasteiger partial charge is 0.292 e. The van der Waals surface area contributed by atoms with Crippen LogP contribution in [0.1, 0.15) is 26.7 Å². The molecule has 1 aromatic heterocycles. The van der Waals surface area contributed by atoms with Crippen LogP contribution in [0.25, 0.3) is 0 Å². The van der Waals surface area contributed by atoms with Crippen LogP contribution in [0.3, 0.4) is 0 Å². The van der Waals surface area contributed by atoms with E-state index >= 15 is 0 Å². The molecule has 1 fully saturated rings. The lowest BCUT2D eigenvalue weighted by Crippen LogP contribution is -2.32. The number of nitrogens with one attached hydrogen (secondary N) is 1. The zero-order valence-corrected chi connectivity index (χ0v) is 11.9. The molecule has 1 aliphatic rings. The van der Waals surface area contributed by atoms with Gasteiger partial charge in [0.1, 0.15) is 0 Å². The minimum Gasteiger partial charge on any atom is -0.488 e. The van der Waals surface area contributed by atoms with Gasteiger partial charge in [-0.2, -0.15) is 0 Å². The fourth-order valence-corrected chi connectivity index (χ4v) is 2.37. The molecule has 0 radical (unpaired) electrons. The van der Waals surface area contributed by atoms with Crippen molar-refractivity contribution < 1.29 is 4.74 Å². The Morgan fingerprint density at radius 1 is 1.42 bits per heavy atom. The molecule has 1 saturated heterocycles. The van der Waals surface area contributed by atoms with Gasteiger partial charge in [-0.3, -0.25) is 4.79 Å². The van der Waals surface area contributed by atoms with Gasteiger partial charge in [0.25, 0.3) is 5.56 Å². The molecular formula is C15H24N2O2. The lowest BCUT2D eigenvalue weighted by atomic mass is 9.98. The van der Waals surface area contributed by atoms with Gasteiger partial charge in [-0.1, -0.05) is 13.8 Å². The largest absolute Gasteiger partial charge is 0.488 e. The van der Waals surface area contributed by atoms with Crippen molar-refractivity contribution in [2.24, 2.45) is 11.8 Å².